The Balaban J connectivity index is 1.49. The Kier molecular flexibility index (Phi) is 5.67. The van der Waals surface area contributed by atoms with Crippen LogP contribution in [0.25, 0.3) is 10.9 Å². The van der Waals surface area contributed by atoms with E-state index in [1.807, 2.05) is 11.0 Å². The molecule has 1 N–H and O–H groups in total. The van der Waals surface area contributed by atoms with Crippen molar-refractivity contribution in [1.82, 2.24) is 20.2 Å². The van der Waals surface area contributed by atoms with Crippen LogP contribution < -0.4 is 5.32 Å². The van der Waals surface area contributed by atoms with E-state index in [9.17, 15) is 9.59 Å². The first-order valence-electron chi connectivity index (χ1n) is 10.1. The molecule has 0 bridgehead atoms. The third-order valence-corrected chi connectivity index (χ3v) is 6.68. The normalized spacial score (nSPS) is 22.2. The average Bonchev–Trinajstić information content (AvgIpc) is 3.15. The molecule has 1 aliphatic heterocycles. The molecule has 6 nitrogen and oxygen atoms in total. The number of nitrogens with one attached hydrogen (secondary N) is 1. The zero-order chi connectivity index (χ0) is 20.5. The van der Waals surface area contributed by atoms with Crippen molar-refractivity contribution in [2.75, 3.05) is 13.1 Å². The van der Waals surface area contributed by atoms with Crippen LogP contribution in [0.2, 0.25) is 0 Å². The number of piperidine rings is 1. The second kappa shape index (κ2) is 8.22. The van der Waals surface area contributed by atoms with Crippen molar-refractivity contribution in [1.29, 1.82) is 0 Å². The van der Waals surface area contributed by atoms with Gasteiger partial charge >= 0.3 is 0 Å². The predicted molar refractivity (Wildman–Crippen MR) is 115 cm³/mol. The summed E-state index contributed by atoms with van der Waals surface area (Å²) in [4.78, 5) is 36.4. The Morgan fingerprint density at radius 1 is 1.24 bits per heavy atom. The Hall–Kier alpha value is -2.28. The van der Waals surface area contributed by atoms with Crippen molar-refractivity contribution in [3.05, 3.63) is 45.8 Å². The molecule has 152 valence electrons. The van der Waals surface area contributed by atoms with Crippen LogP contribution in [0.5, 0.6) is 0 Å². The first kappa shape index (κ1) is 20.0. The number of pyridine rings is 2. The van der Waals surface area contributed by atoms with Gasteiger partial charge in [0, 0.05) is 42.5 Å². The number of hydrogen-bond donors (Lipinski definition) is 1. The van der Waals surface area contributed by atoms with E-state index in [0.717, 1.165) is 47.7 Å². The second-order valence-electron chi connectivity index (χ2n) is 8.10. The number of amides is 2. The second-order valence-corrected chi connectivity index (χ2v) is 8.95. The Bertz CT molecular complexity index is 1000. The Labute approximate surface area is 178 Å². The van der Waals surface area contributed by atoms with E-state index in [1.54, 1.807) is 18.5 Å². The maximum Gasteiger partial charge on any atom is 0.270 e. The molecule has 2 aromatic rings. The molecule has 7 heteroatoms. The zero-order valence-electron chi connectivity index (χ0n) is 16.7. The summed E-state index contributed by atoms with van der Waals surface area (Å²) in [6.45, 7) is 5.48. The summed E-state index contributed by atoms with van der Waals surface area (Å²) in [6, 6.07) is 3.49. The van der Waals surface area contributed by atoms with Gasteiger partial charge in [0.05, 0.1) is 9.99 Å². The molecule has 2 atom stereocenters. The number of aromatic nitrogens is 2. The maximum atomic E-state index is 12.9. The minimum atomic E-state index is -0.210. The lowest BCUT2D eigenvalue weighted by Crippen LogP contribution is -2.53. The summed E-state index contributed by atoms with van der Waals surface area (Å²) in [5.41, 5.74) is 3.27. The van der Waals surface area contributed by atoms with Crippen LogP contribution >= 0.6 is 15.9 Å². The fourth-order valence-electron chi connectivity index (χ4n) is 4.19. The number of likely N-dealkylation sites (tertiary alicyclic amines) is 1. The molecule has 2 unspecified atom stereocenters. The van der Waals surface area contributed by atoms with Crippen molar-refractivity contribution in [2.45, 2.75) is 45.6 Å². The Morgan fingerprint density at radius 2 is 2.07 bits per heavy atom. The molecule has 1 aliphatic carbocycles. The summed E-state index contributed by atoms with van der Waals surface area (Å²) in [6.07, 6.45) is 7.23. The molecular formula is C22H25BrN4O2. The molecule has 0 spiro atoms. The highest BCUT2D eigenvalue weighted by Crippen LogP contribution is 2.29. The molecule has 2 amide bonds. The summed E-state index contributed by atoms with van der Waals surface area (Å²) >= 11 is 3.44. The standard InChI is InChI=1S/C22H25BrN4O2/c1-13-4-3-5-16(13)22(29)27-9-8-14(2)19(12-27)26-21(28)18-7-6-15-10-24-11-17(23)20(15)25-18/h6-7,10-11,14,19H,3-5,8-9,12H2,1-2H3,(H,26,28). The molecule has 3 heterocycles. The molecule has 1 fully saturated rings. The average molecular weight is 457 g/mol. The smallest absolute Gasteiger partial charge is 0.270 e. The topological polar surface area (TPSA) is 75.2 Å². The van der Waals surface area contributed by atoms with E-state index >= 15 is 0 Å². The van der Waals surface area contributed by atoms with Crippen LogP contribution in [0.15, 0.2) is 40.1 Å². The van der Waals surface area contributed by atoms with E-state index < -0.39 is 0 Å². The fraction of sp³-hybridized carbons (Fsp3) is 0.455. The molecule has 1 saturated heterocycles. The van der Waals surface area contributed by atoms with Gasteiger partial charge in [-0.1, -0.05) is 12.5 Å². The third-order valence-electron chi connectivity index (χ3n) is 6.10. The number of allylic oxidation sites excluding steroid dienone is 1. The van der Waals surface area contributed by atoms with Crippen LogP contribution in [0.4, 0.5) is 0 Å². The van der Waals surface area contributed by atoms with Gasteiger partial charge in [-0.2, -0.15) is 0 Å². The number of carbonyl (C=O) groups is 2. The highest BCUT2D eigenvalue weighted by Gasteiger charge is 2.32. The van der Waals surface area contributed by atoms with Crippen molar-refractivity contribution in [3.8, 4) is 0 Å². The van der Waals surface area contributed by atoms with Crippen LogP contribution in [0, 0.1) is 5.92 Å². The summed E-state index contributed by atoms with van der Waals surface area (Å²) in [7, 11) is 0. The van der Waals surface area contributed by atoms with Crippen LogP contribution in [0.1, 0.15) is 50.0 Å². The van der Waals surface area contributed by atoms with Gasteiger partial charge in [-0.25, -0.2) is 4.98 Å². The summed E-state index contributed by atoms with van der Waals surface area (Å²) in [5, 5.41) is 3.99. The Morgan fingerprint density at radius 3 is 2.83 bits per heavy atom. The molecule has 0 saturated carbocycles. The number of rotatable bonds is 3. The van der Waals surface area contributed by atoms with E-state index in [2.05, 4.69) is 45.1 Å². The number of fused-ring (bicyclic) bond motifs is 1. The SMILES string of the molecule is CC1=C(C(=O)N2CCC(C)C(NC(=O)c3ccc4cncc(Br)c4n3)C2)CCC1. The monoisotopic (exact) mass is 456 g/mol. The molecule has 0 radical (unpaired) electrons. The molecule has 2 aromatic heterocycles. The van der Waals surface area contributed by atoms with Crippen molar-refractivity contribution < 1.29 is 9.59 Å². The van der Waals surface area contributed by atoms with Crippen LogP contribution in [-0.2, 0) is 4.79 Å². The quantitative estimate of drug-likeness (QED) is 0.760. The minimum absolute atomic E-state index is 0.0825. The minimum Gasteiger partial charge on any atom is -0.346 e. The number of carbonyl (C=O) groups excluding carboxylic acids is 2. The molecule has 29 heavy (non-hydrogen) atoms. The largest absolute Gasteiger partial charge is 0.346 e. The first-order chi connectivity index (χ1) is 13.9. The predicted octanol–water partition coefficient (Wildman–Crippen LogP) is 3.86. The van der Waals surface area contributed by atoms with Gasteiger partial charge in [0.25, 0.3) is 5.91 Å². The van der Waals surface area contributed by atoms with Gasteiger partial charge in [0.2, 0.25) is 5.91 Å². The van der Waals surface area contributed by atoms with E-state index in [1.165, 1.54) is 5.57 Å². The first-order valence-corrected chi connectivity index (χ1v) is 10.9. The van der Waals surface area contributed by atoms with Crippen LogP contribution in [0.3, 0.4) is 0 Å². The van der Waals surface area contributed by atoms with Gasteiger partial charge in [0.1, 0.15) is 5.69 Å². The van der Waals surface area contributed by atoms with Crippen molar-refractivity contribution >= 4 is 38.6 Å². The van der Waals surface area contributed by atoms with Gasteiger partial charge < -0.3 is 10.2 Å². The molecule has 0 aromatic carbocycles. The third kappa shape index (κ3) is 4.06. The van der Waals surface area contributed by atoms with Gasteiger partial charge in [-0.3, -0.25) is 14.6 Å². The number of halogens is 1. The molecular weight excluding hydrogens is 432 g/mol. The van der Waals surface area contributed by atoms with Gasteiger partial charge in [-0.05, 0) is 66.6 Å². The lowest BCUT2D eigenvalue weighted by molar-refractivity contribution is -0.129. The fourth-order valence-corrected chi connectivity index (χ4v) is 4.63. The van der Waals surface area contributed by atoms with Crippen LogP contribution in [-0.4, -0.2) is 45.8 Å². The highest BCUT2D eigenvalue weighted by atomic mass is 79.9. The number of nitrogens with zero attached hydrogens (tertiary/aromatic N) is 3. The molecule has 4 rings (SSSR count). The van der Waals surface area contributed by atoms with E-state index in [-0.39, 0.29) is 17.9 Å². The summed E-state index contributed by atoms with van der Waals surface area (Å²) in [5.74, 6) is 0.238. The van der Waals surface area contributed by atoms with Gasteiger partial charge in [-0.15, -0.1) is 0 Å². The van der Waals surface area contributed by atoms with E-state index in [0.29, 0.717) is 23.7 Å². The number of hydrogen-bond acceptors (Lipinski definition) is 4. The lowest BCUT2D eigenvalue weighted by Gasteiger charge is -2.37. The molecule has 2 aliphatic rings. The lowest BCUT2D eigenvalue weighted by atomic mass is 9.92. The maximum absolute atomic E-state index is 12.9. The highest BCUT2D eigenvalue weighted by molar-refractivity contribution is 9.10. The van der Waals surface area contributed by atoms with Gasteiger partial charge in [0.15, 0.2) is 0 Å². The zero-order valence-corrected chi connectivity index (χ0v) is 18.3. The summed E-state index contributed by atoms with van der Waals surface area (Å²) < 4.78 is 0.757. The van der Waals surface area contributed by atoms with Crippen molar-refractivity contribution in [2.24, 2.45) is 5.92 Å². The van der Waals surface area contributed by atoms with E-state index in [4.69, 9.17) is 0 Å². The van der Waals surface area contributed by atoms with Crippen molar-refractivity contribution in [3.63, 3.8) is 0 Å².